The maximum atomic E-state index is 12.8. The molecular weight excluding hydrogens is 360 g/mol. The van der Waals surface area contributed by atoms with Crippen molar-refractivity contribution in [3.05, 3.63) is 66.1 Å². The van der Waals surface area contributed by atoms with Gasteiger partial charge < -0.3 is 19.3 Å². The van der Waals surface area contributed by atoms with Crippen LogP contribution in [0.1, 0.15) is 10.4 Å². The molecule has 1 N–H and O–H groups in total. The lowest BCUT2D eigenvalue weighted by atomic mass is 10.2. The molecule has 0 amide bonds. The van der Waals surface area contributed by atoms with Gasteiger partial charge in [0, 0.05) is 4.90 Å². The summed E-state index contributed by atoms with van der Waals surface area (Å²) in [6.07, 6.45) is 0.984. The number of rotatable bonds is 7. The quantitative estimate of drug-likeness (QED) is 0.450. The van der Waals surface area contributed by atoms with Gasteiger partial charge in [-0.1, -0.05) is 24.3 Å². The van der Waals surface area contributed by atoms with Gasteiger partial charge in [0.2, 0.25) is 5.76 Å². The second-order valence-electron chi connectivity index (χ2n) is 4.83. The first-order valence-corrected chi connectivity index (χ1v) is 8.46. The zero-order chi connectivity index (χ0) is 19.1. The minimum Gasteiger partial charge on any atom is -0.500 e. The second kappa shape index (κ2) is 8.82. The molecule has 0 aliphatic rings. The standard InChI is InChI=1S/C18H16O7S/c1-23-11-14(18(21)24-2)25-13-9-6-10-15(16(13)17(19)20)26(22)12-7-4-3-5-8-12/h3-11H,1-2H3,(H,19,20). The summed E-state index contributed by atoms with van der Waals surface area (Å²) in [5.74, 6) is -2.70. The molecule has 0 heterocycles. The summed E-state index contributed by atoms with van der Waals surface area (Å²) in [4.78, 5) is 24.0. The van der Waals surface area contributed by atoms with Crippen molar-refractivity contribution >= 4 is 22.7 Å². The van der Waals surface area contributed by atoms with E-state index in [1.807, 2.05) is 0 Å². The number of hydrogen-bond acceptors (Lipinski definition) is 6. The number of hydrogen-bond donors (Lipinski definition) is 1. The van der Waals surface area contributed by atoms with Crippen LogP contribution in [0.3, 0.4) is 0 Å². The van der Waals surface area contributed by atoms with Gasteiger partial charge in [0.25, 0.3) is 0 Å². The molecule has 0 saturated heterocycles. The highest BCUT2D eigenvalue weighted by Gasteiger charge is 2.24. The third kappa shape index (κ3) is 4.28. The average Bonchev–Trinajstić information content (AvgIpc) is 2.66. The SMILES string of the molecule is COC=C(Oc1cccc(S(=O)c2ccccc2)c1C(=O)O)C(=O)OC. The Labute approximate surface area is 152 Å². The summed E-state index contributed by atoms with van der Waals surface area (Å²) in [6.45, 7) is 0. The van der Waals surface area contributed by atoms with Gasteiger partial charge in [-0.2, -0.15) is 0 Å². The van der Waals surface area contributed by atoms with Crippen LogP contribution < -0.4 is 4.74 Å². The number of esters is 1. The predicted molar refractivity (Wildman–Crippen MR) is 92.3 cm³/mol. The molecule has 1 unspecified atom stereocenters. The van der Waals surface area contributed by atoms with E-state index in [1.54, 1.807) is 30.3 Å². The highest BCUT2D eigenvalue weighted by molar-refractivity contribution is 7.85. The Balaban J connectivity index is 2.52. The van der Waals surface area contributed by atoms with E-state index in [2.05, 4.69) is 4.74 Å². The highest BCUT2D eigenvalue weighted by atomic mass is 32.2. The van der Waals surface area contributed by atoms with E-state index in [1.165, 1.54) is 25.3 Å². The molecule has 2 aromatic carbocycles. The van der Waals surface area contributed by atoms with E-state index >= 15 is 0 Å². The van der Waals surface area contributed by atoms with Crippen LogP contribution in [0, 0.1) is 0 Å². The van der Waals surface area contributed by atoms with E-state index in [-0.39, 0.29) is 22.0 Å². The number of ether oxygens (including phenoxy) is 3. The molecule has 0 fully saturated rings. The molecule has 8 heteroatoms. The van der Waals surface area contributed by atoms with Gasteiger partial charge in [-0.3, -0.25) is 0 Å². The first-order chi connectivity index (χ1) is 12.5. The van der Waals surface area contributed by atoms with Crippen LogP contribution in [0.5, 0.6) is 5.75 Å². The van der Waals surface area contributed by atoms with Crippen LogP contribution >= 0.6 is 0 Å². The van der Waals surface area contributed by atoms with Crippen molar-refractivity contribution < 1.29 is 33.1 Å². The normalized spacial score (nSPS) is 12.2. The van der Waals surface area contributed by atoms with Crippen molar-refractivity contribution in [2.75, 3.05) is 14.2 Å². The van der Waals surface area contributed by atoms with Crippen LogP contribution in [0.15, 0.2) is 70.3 Å². The summed E-state index contributed by atoms with van der Waals surface area (Å²) in [5.41, 5.74) is -0.319. The van der Waals surface area contributed by atoms with Crippen molar-refractivity contribution in [3.8, 4) is 5.75 Å². The first kappa shape index (κ1) is 19.2. The molecule has 1 atom stereocenters. The van der Waals surface area contributed by atoms with E-state index < -0.39 is 22.7 Å². The van der Waals surface area contributed by atoms with Crippen molar-refractivity contribution in [2.45, 2.75) is 9.79 Å². The van der Waals surface area contributed by atoms with Crippen molar-refractivity contribution in [2.24, 2.45) is 0 Å². The van der Waals surface area contributed by atoms with Crippen molar-refractivity contribution in [1.82, 2.24) is 0 Å². The van der Waals surface area contributed by atoms with E-state index in [0.717, 1.165) is 13.4 Å². The molecule has 0 spiro atoms. The van der Waals surface area contributed by atoms with Gasteiger partial charge in [0.1, 0.15) is 17.6 Å². The Morgan fingerprint density at radius 3 is 2.31 bits per heavy atom. The van der Waals surface area contributed by atoms with Gasteiger partial charge in [-0.05, 0) is 24.3 Å². The molecule has 0 bridgehead atoms. The molecule has 0 aliphatic heterocycles. The van der Waals surface area contributed by atoms with E-state index in [0.29, 0.717) is 4.90 Å². The molecule has 2 aromatic rings. The minimum atomic E-state index is -1.75. The zero-order valence-corrected chi connectivity index (χ0v) is 14.8. The molecule has 0 radical (unpaired) electrons. The Morgan fingerprint density at radius 2 is 1.73 bits per heavy atom. The molecule has 0 saturated carbocycles. The molecule has 2 rings (SSSR count). The molecular formula is C18H16O7S. The monoisotopic (exact) mass is 376 g/mol. The predicted octanol–water partition coefficient (Wildman–Crippen LogP) is 2.59. The summed E-state index contributed by atoms with van der Waals surface area (Å²) in [6, 6.07) is 12.7. The van der Waals surface area contributed by atoms with Gasteiger partial charge in [0.15, 0.2) is 0 Å². The van der Waals surface area contributed by atoms with Gasteiger partial charge in [-0.25, -0.2) is 13.8 Å². The second-order valence-corrected chi connectivity index (χ2v) is 6.28. The smallest absolute Gasteiger partial charge is 0.377 e. The molecule has 26 heavy (non-hydrogen) atoms. The summed E-state index contributed by atoms with van der Waals surface area (Å²) < 4.78 is 27.5. The van der Waals surface area contributed by atoms with Gasteiger partial charge in [-0.15, -0.1) is 0 Å². The maximum absolute atomic E-state index is 12.8. The maximum Gasteiger partial charge on any atom is 0.377 e. The van der Waals surface area contributed by atoms with Crippen LogP contribution in [0.4, 0.5) is 0 Å². The highest BCUT2D eigenvalue weighted by Crippen LogP contribution is 2.29. The van der Waals surface area contributed by atoms with E-state index in [4.69, 9.17) is 9.47 Å². The zero-order valence-electron chi connectivity index (χ0n) is 14.0. The Bertz CT molecular complexity index is 859. The number of carbonyl (C=O) groups is 2. The summed E-state index contributed by atoms with van der Waals surface area (Å²) in [7, 11) is 0.696. The number of carbonyl (C=O) groups excluding carboxylic acids is 1. The fourth-order valence-corrected chi connectivity index (χ4v) is 3.31. The fraction of sp³-hybridized carbons (Fsp3) is 0.111. The molecule has 0 aromatic heterocycles. The first-order valence-electron chi connectivity index (χ1n) is 7.31. The lowest BCUT2D eigenvalue weighted by Crippen LogP contribution is -2.14. The Kier molecular flexibility index (Phi) is 6.51. The topological polar surface area (TPSA) is 99.1 Å². The third-order valence-corrected chi connectivity index (χ3v) is 4.63. The Morgan fingerprint density at radius 1 is 1.04 bits per heavy atom. The average molecular weight is 376 g/mol. The van der Waals surface area contributed by atoms with Crippen LogP contribution in [0.2, 0.25) is 0 Å². The molecule has 7 nitrogen and oxygen atoms in total. The Hall–Kier alpha value is -3.13. The number of aromatic carboxylic acids is 1. The van der Waals surface area contributed by atoms with Crippen LogP contribution in [-0.4, -0.2) is 35.5 Å². The number of carboxylic acid groups (broad SMARTS) is 1. The molecule has 0 aliphatic carbocycles. The molecule has 136 valence electrons. The van der Waals surface area contributed by atoms with Gasteiger partial charge in [0.05, 0.1) is 29.9 Å². The largest absolute Gasteiger partial charge is 0.500 e. The van der Waals surface area contributed by atoms with Crippen LogP contribution in [0.25, 0.3) is 0 Å². The van der Waals surface area contributed by atoms with Gasteiger partial charge >= 0.3 is 11.9 Å². The van der Waals surface area contributed by atoms with Crippen molar-refractivity contribution in [3.63, 3.8) is 0 Å². The lowest BCUT2D eigenvalue weighted by Gasteiger charge is -2.13. The minimum absolute atomic E-state index is 0.0443. The number of benzene rings is 2. The fourth-order valence-electron chi connectivity index (χ4n) is 2.07. The lowest BCUT2D eigenvalue weighted by molar-refractivity contribution is -0.138. The summed E-state index contributed by atoms with van der Waals surface area (Å²) >= 11 is 0. The third-order valence-electron chi connectivity index (χ3n) is 3.19. The van der Waals surface area contributed by atoms with Crippen LogP contribution in [-0.2, 0) is 25.1 Å². The summed E-state index contributed by atoms with van der Waals surface area (Å²) in [5, 5.41) is 9.60. The van der Waals surface area contributed by atoms with E-state index in [9.17, 15) is 18.9 Å². The number of carboxylic acids is 1. The van der Waals surface area contributed by atoms with Crippen molar-refractivity contribution in [1.29, 1.82) is 0 Å². The number of methoxy groups -OCH3 is 2.